The van der Waals surface area contributed by atoms with Crippen LogP contribution in [0.4, 0.5) is 18.9 Å². The number of carboxylic acids is 1. The van der Waals surface area contributed by atoms with E-state index >= 15 is 0 Å². The minimum atomic E-state index is -4.71. The molecule has 1 amide bonds. The molecule has 0 bridgehead atoms. The second kappa shape index (κ2) is 8.34. The van der Waals surface area contributed by atoms with Gasteiger partial charge in [-0.1, -0.05) is 6.07 Å². The SMILES string of the molecule is COc1ccc(C)cc1NC(=O)Cn1nc(C(F)(F)F)c2c1CCN(CC(=O)O)C2. The van der Waals surface area contributed by atoms with E-state index in [-0.39, 0.29) is 37.3 Å². The molecule has 2 N–H and O–H groups in total. The quantitative estimate of drug-likeness (QED) is 0.736. The maximum atomic E-state index is 13.5. The Bertz CT molecular complexity index is 971. The van der Waals surface area contributed by atoms with Crippen molar-refractivity contribution in [3.63, 3.8) is 0 Å². The smallest absolute Gasteiger partial charge is 0.435 e. The number of benzene rings is 1. The number of ether oxygens (including phenoxy) is 1. The molecule has 2 heterocycles. The Kier molecular flexibility index (Phi) is 6.01. The van der Waals surface area contributed by atoms with Gasteiger partial charge in [0, 0.05) is 30.8 Å². The highest BCUT2D eigenvalue weighted by Gasteiger charge is 2.41. The molecule has 0 spiro atoms. The average molecular weight is 426 g/mol. The number of aliphatic carboxylic acids is 1. The molecule has 3 rings (SSSR count). The van der Waals surface area contributed by atoms with Gasteiger partial charge in [-0.2, -0.15) is 18.3 Å². The lowest BCUT2D eigenvalue weighted by atomic mass is 10.0. The van der Waals surface area contributed by atoms with Crippen LogP contribution in [0.25, 0.3) is 0 Å². The van der Waals surface area contributed by atoms with Gasteiger partial charge in [0.15, 0.2) is 5.69 Å². The van der Waals surface area contributed by atoms with Crippen LogP contribution >= 0.6 is 0 Å². The van der Waals surface area contributed by atoms with Gasteiger partial charge in [-0.15, -0.1) is 0 Å². The summed E-state index contributed by atoms with van der Waals surface area (Å²) in [6.07, 6.45) is -4.55. The van der Waals surface area contributed by atoms with E-state index in [9.17, 15) is 22.8 Å². The van der Waals surface area contributed by atoms with Gasteiger partial charge in [-0.05, 0) is 24.6 Å². The van der Waals surface area contributed by atoms with Crippen LogP contribution in [-0.2, 0) is 35.3 Å². The summed E-state index contributed by atoms with van der Waals surface area (Å²) in [6, 6.07) is 5.18. The van der Waals surface area contributed by atoms with Crippen LogP contribution in [0.5, 0.6) is 5.75 Å². The van der Waals surface area contributed by atoms with E-state index in [1.54, 1.807) is 18.2 Å². The minimum absolute atomic E-state index is 0.0871. The van der Waals surface area contributed by atoms with Gasteiger partial charge in [0.2, 0.25) is 5.91 Å². The largest absolute Gasteiger partial charge is 0.495 e. The first-order valence-electron chi connectivity index (χ1n) is 9.13. The number of carbonyl (C=O) groups is 2. The first-order valence-corrected chi connectivity index (χ1v) is 9.13. The Labute approximate surface area is 170 Å². The highest BCUT2D eigenvalue weighted by molar-refractivity contribution is 5.92. The summed E-state index contributed by atoms with van der Waals surface area (Å²) in [4.78, 5) is 24.8. The number of hydrogen-bond donors (Lipinski definition) is 2. The second-order valence-corrected chi connectivity index (χ2v) is 7.04. The molecule has 2 aromatic rings. The zero-order valence-electron chi connectivity index (χ0n) is 16.4. The van der Waals surface area contributed by atoms with Crippen LogP contribution in [0.1, 0.15) is 22.5 Å². The topological polar surface area (TPSA) is 96.7 Å². The molecule has 0 saturated heterocycles. The maximum Gasteiger partial charge on any atom is 0.435 e. The highest BCUT2D eigenvalue weighted by Crippen LogP contribution is 2.35. The molecule has 0 radical (unpaired) electrons. The van der Waals surface area contributed by atoms with E-state index in [0.717, 1.165) is 10.2 Å². The van der Waals surface area contributed by atoms with Crippen LogP contribution < -0.4 is 10.1 Å². The van der Waals surface area contributed by atoms with Crippen molar-refractivity contribution in [1.82, 2.24) is 14.7 Å². The molecule has 0 unspecified atom stereocenters. The first-order chi connectivity index (χ1) is 14.1. The molecule has 0 fully saturated rings. The Balaban J connectivity index is 1.85. The number of methoxy groups -OCH3 is 1. The summed E-state index contributed by atoms with van der Waals surface area (Å²) in [5, 5.41) is 15.2. The van der Waals surface area contributed by atoms with Crippen LogP contribution in [0.3, 0.4) is 0 Å². The van der Waals surface area contributed by atoms with Crippen molar-refractivity contribution in [2.45, 2.75) is 32.6 Å². The molecule has 162 valence electrons. The van der Waals surface area contributed by atoms with E-state index in [2.05, 4.69) is 10.4 Å². The Morgan fingerprint density at radius 3 is 2.67 bits per heavy atom. The molecule has 0 atom stereocenters. The van der Waals surface area contributed by atoms with Crippen molar-refractivity contribution in [3.8, 4) is 5.75 Å². The second-order valence-electron chi connectivity index (χ2n) is 7.04. The standard InChI is InChI=1S/C19H21F3N4O4/c1-11-3-4-15(30-2)13(7-11)23-16(27)9-26-14-5-6-25(10-17(28)29)8-12(14)18(24-26)19(20,21)22/h3-4,7H,5-6,8-10H2,1-2H3,(H,23,27)(H,28,29). The molecule has 0 saturated carbocycles. The molecular weight excluding hydrogens is 405 g/mol. The molecule has 30 heavy (non-hydrogen) atoms. The number of alkyl halides is 3. The van der Waals surface area contributed by atoms with E-state index in [1.165, 1.54) is 12.0 Å². The number of amides is 1. The molecule has 1 aromatic heterocycles. The Morgan fingerprint density at radius 1 is 1.30 bits per heavy atom. The van der Waals surface area contributed by atoms with Crippen molar-refractivity contribution in [3.05, 3.63) is 40.7 Å². The van der Waals surface area contributed by atoms with Gasteiger partial charge in [0.1, 0.15) is 12.3 Å². The number of aromatic nitrogens is 2. The highest BCUT2D eigenvalue weighted by atomic mass is 19.4. The van der Waals surface area contributed by atoms with Gasteiger partial charge < -0.3 is 15.2 Å². The molecular formula is C19H21F3N4O4. The van der Waals surface area contributed by atoms with Crippen LogP contribution in [0, 0.1) is 6.92 Å². The van der Waals surface area contributed by atoms with E-state index in [1.807, 2.05) is 6.92 Å². The summed E-state index contributed by atoms with van der Waals surface area (Å²) >= 11 is 0. The van der Waals surface area contributed by atoms with Crippen molar-refractivity contribution in [2.75, 3.05) is 25.5 Å². The number of carboxylic acid groups (broad SMARTS) is 1. The molecule has 11 heteroatoms. The zero-order valence-corrected chi connectivity index (χ0v) is 16.4. The van der Waals surface area contributed by atoms with Gasteiger partial charge >= 0.3 is 12.1 Å². The predicted octanol–water partition coefficient (Wildman–Crippen LogP) is 2.30. The van der Waals surface area contributed by atoms with Crippen molar-refractivity contribution >= 4 is 17.6 Å². The normalized spacial score (nSPS) is 14.3. The number of nitrogens with one attached hydrogen (secondary N) is 1. The lowest BCUT2D eigenvalue weighted by molar-refractivity contribution is -0.142. The van der Waals surface area contributed by atoms with Crippen molar-refractivity contribution in [1.29, 1.82) is 0 Å². The summed E-state index contributed by atoms with van der Waals surface area (Å²) in [5.41, 5.74) is 0.396. The Hall–Kier alpha value is -3.08. The van der Waals surface area contributed by atoms with Crippen molar-refractivity contribution < 1.29 is 32.6 Å². The lowest BCUT2D eigenvalue weighted by Crippen LogP contribution is -2.36. The molecule has 1 aliphatic heterocycles. The third kappa shape index (κ3) is 4.73. The maximum absolute atomic E-state index is 13.5. The molecule has 8 nitrogen and oxygen atoms in total. The Morgan fingerprint density at radius 2 is 2.03 bits per heavy atom. The predicted molar refractivity (Wildman–Crippen MR) is 100 cm³/mol. The molecule has 0 aliphatic carbocycles. The minimum Gasteiger partial charge on any atom is -0.495 e. The summed E-state index contributed by atoms with van der Waals surface area (Å²) < 4.78 is 46.7. The fourth-order valence-corrected chi connectivity index (χ4v) is 3.48. The van der Waals surface area contributed by atoms with Gasteiger partial charge in [-0.3, -0.25) is 19.2 Å². The monoisotopic (exact) mass is 426 g/mol. The molecule has 1 aromatic carbocycles. The van der Waals surface area contributed by atoms with Gasteiger partial charge in [0.05, 0.1) is 19.3 Å². The number of rotatable bonds is 6. The summed E-state index contributed by atoms with van der Waals surface area (Å²) in [5.74, 6) is -1.24. The number of aryl methyl sites for hydroxylation is 1. The third-order valence-corrected chi connectivity index (χ3v) is 4.76. The number of carbonyl (C=O) groups excluding carboxylic acids is 1. The van der Waals surface area contributed by atoms with Crippen LogP contribution in [0.15, 0.2) is 18.2 Å². The number of hydrogen-bond acceptors (Lipinski definition) is 5. The van der Waals surface area contributed by atoms with E-state index in [0.29, 0.717) is 11.4 Å². The summed E-state index contributed by atoms with van der Waals surface area (Å²) in [7, 11) is 1.45. The average Bonchev–Trinajstić information content (AvgIpc) is 2.99. The zero-order chi connectivity index (χ0) is 22.1. The number of halogens is 3. The van der Waals surface area contributed by atoms with E-state index in [4.69, 9.17) is 9.84 Å². The van der Waals surface area contributed by atoms with Crippen molar-refractivity contribution in [2.24, 2.45) is 0 Å². The fourth-order valence-electron chi connectivity index (χ4n) is 3.48. The van der Waals surface area contributed by atoms with Crippen LogP contribution in [-0.4, -0.2) is 51.9 Å². The summed E-state index contributed by atoms with van der Waals surface area (Å²) in [6.45, 7) is 1.13. The number of fused-ring (bicyclic) bond motifs is 1. The van der Waals surface area contributed by atoms with Crippen LogP contribution in [0.2, 0.25) is 0 Å². The fraction of sp³-hybridized carbons (Fsp3) is 0.421. The van der Waals surface area contributed by atoms with E-state index < -0.39 is 30.3 Å². The third-order valence-electron chi connectivity index (χ3n) is 4.76. The first kappa shape index (κ1) is 21.6. The van der Waals surface area contributed by atoms with Gasteiger partial charge in [0.25, 0.3) is 0 Å². The van der Waals surface area contributed by atoms with Gasteiger partial charge in [-0.25, -0.2) is 0 Å². The molecule has 1 aliphatic rings. The number of anilines is 1. The lowest BCUT2D eigenvalue weighted by Gasteiger charge is -2.26. The number of nitrogens with zero attached hydrogens (tertiary/aromatic N) is 3.